The van der Waals surface area contributed by atoms with Gasteiger partial charge < -0.3 is 5.73 Å². The van der Waals surface area contributed by atoms with Crippen LogP contribution >= 0.6 is 0 Å². The van der Waals surface area contributed by atoms with E-state index in [4.69, 9.17) is 0 Å². The van der Waals surface area contributed by atoms with E-state index in [1.54, 1.807) is 0 Å². The molecule has 0 fully saturated rings. The third-order valence-electron chi connectivity index (χ3n) is 1.20. The van der Waals surface area contributed by atoms with Crippen LogP contribution in [0.2, 0.25) is 0 Å². The van der Waals surface area contributed by atoms with Crippen molar-refractivity contribution >= 4 is 5.91 Å². The minimum absolute atomic E-state index is 1.64. The number of amides is 1. The minimum Gasteiger partial charge on any atom is -0.370 e. The van der Waals surface area contributed by atoms with Crippen molar-refractivity contribution in [2.75, 3.05) is 0 Å². The zero-order valence-corrected chi connectivity index (χ0v) is 6.04. The molecule has 0 radical (unpaired) electrons. The number of carbonyl (C=O) groups excluding carboxylic acids is 1. The molecule has 0 aliphatic carbocycles. The fourth-order valence-corrected chi connectivity index (χ4v) is 0.618. The van der Waals surface area contributed by atoms with Gasteiger partial charge in [0.05, 0.1) is 0 Å². The van der Waals surface area contributed by atoms with Crippen LogP contribution in [0, 0.1) is 5.92 Å². The summed E-state index contributed by atoms with van der Waals surface area (Å²) in [4.78, 5) is 9.93. The van der Waals surface area contributed by atoms with Crippen LogP contribution in [0.5, 0.6) is 0 Å². The van der Waals surface area contributed by atoms with E-state index in [1.165, 1.54) is 0 Å². The third kappa shape index (κ3) is 4.00. The second-order valence-electron chi connectivity index (χ2n) is 2.31. The molecule has 78 valence electrons. The Morgan fingerprint density at radius 2 is 1.38 bits per heavy atom. The van der Waals surface area contributed by atoms with Crippen molar-refractivity contribution in [3.05, 3.63) is 0 Å². The van der Waals surface area contributed by atoms with E-state index in [9.17, 15) is 31.1 Å². The monoisotopic (exact) mass is 209 g/mol. The lowest BCUT2D eigenvalue weighted by Crippen LogP contribution is -2.39. The zero-order valence-electron chi connectivity index (χ0n) is 6.04. The first-order valence-corrected chi connectivity index (χ1v) is 2.97. The predicted octanol–water partition coefficient (Wildman–Crippen LogP) is 1.60. The lowest BCUT2D eigenvalue weighted by Gasteiger charge is -2.21. The molecular formula is C5H5F6NO. The van der Waals surface area contributed by atoms with E-state index in [0.717, 1.165) is 0 Å². The Balaban J connectivity index is 4.68. The van der Waals surface area contributed by atoms with E-state index >= 15 is 0 Å². The first kappa shape index (κ1) is 12.0. The van der Waals surface area contributed by atoms with Crippen LogP contribution in [0.15, 0.2) is 0 Å². The Morgan fingerprint density at radius 3 is 1.46 bits per heavy atom. The molecule has 8 heteroatoms. The number of halogens is 6. The lowest BCUT2D eigenvalue weighted by atomic mass is 10.0. The van der Waals surface area contributed by atoms with E-state index in [0.29, 0.717) is 0 Å². The van der Waals surface area contributed by atoms with Gasteiger partial charge in [-0.3, -0.25) is 4.79 Å². The molecule has 0 atom stereocenters. The fraction of sp³-hybridized carbons (Fsp3) is 0.800. The average molecular weight is 209 g/mol. The van der Waals surface area contributed by atoms with E-state index in [1.807, 2.05) is 0 Å². The molecule has 0 saturated heterocycles. The summed E-state index contributed by atoms with van der Waals surface area (Å²) in [5, 5.41) is 0. The van der Waals surface area contributed by atoms with Crippen molar-refractivity contribution in [3.8, 4) is 0 Å². The van der Waals surface area contributed by atoms with Crippen molar-refractivity contribution in [1.29, 1.82) is 0 Å². The quantitative estimate of drug-likeness (QED) is 0.689. The summed E-state index contributed by atoms with van der Waals surface area (Å²) >= 11 is 0. The van der Waals surface area contributed by atoms with Gasteiger partial charge in [-0.05, 0) is 0 Å². The number of rotatable bonds is 2. The van der Waals surface area contributed by atoms with E-state index in [-0.39, 0.29) is 0 Å². The second kappa shape index (κ2) is 3.43. The fourth-order valence-electron chi connectivity index (χ4n) is 0.618. The first-order chi connectivity index (χ1) is 5.55. The summed E-state index contributed by atoms with van der Waals surface area (Å²) < 4.78 is 69.9. The molecule has 0 spiro atoms. The zero-order chi connectivity index (χ0) is 10.9. The lowest BCUT2D eigenvalue weighted by molar-refractivity contribution is -0.284. The molecule has 2 nitrogen and oxygen atoms in total. The molecule has 0 aromatic carbocycles. The van der Waals surface area contributed by atoms with Crippen molar-refractivity contribution < 1.29 is 31.1 Å². The van der Waals surface area contributed by atoms with Crippen LogP contribution in [0.3, 0.4) is 0 Å². The van der Waals surface area contributed by atoms with Gasteiger partial charge >= 0.3 is 12.4 Å². The maximum atomic E-state index is 11.6. The molecule has 0 aliphatic heterocycles. The predicted molar refractivity (Wildman–Crippen MR) is 29.4 cm³/mol. The van der Waals surface area contributed by atoms with Crippen LogP contribution in [-0.2, 0) is 4.79 Å². The molecule has 0 bridgehead atoms. The Labute approximate surface area is 68.7 Å². The molecule has 0 heterocycles. The molecule has 0 aliphatic rings. The highest BCUT2D eigenvalue weighted by molar-refractivity contribution is 5.74. The first-order valence-electron chi connectivity index (χ1n) is 2.97. The summed E-state index contributed by atoms with van der Waals surface area (Å²) in [6, 6.07) is 0. The summed E-state index contributed by atoms with van der Waals surface area (Å²) in [5.74, 6) is -5.31. The van der Waals surface area contributed by atoms with Crippen LogP contribution in [0.1, 0.15) is 6.42 Å². The largest absolute Gasteiger partial charge is 0.400 e. The standard InChI is InChI=1S/C5H5F6NO/c6-4(7,8)2(1-3(12)13)5(9,10)11/h2H,1H2,(H2,12,13). The summed E-state index contributed by atoms with van der Waals surface area (Å²) in [6.45, 7) is 0. The normalized spacial score (nSPS) is 13.5. The van der Waals surface area contributed by atoms with Crippen molar-refractivity contribution in [2.24, 2.45) is 11.7 Å². The number of carbonyl (C=O) groups is 1. The molecule has 0 aromatic rings. The Bertz CT molecular complexity index is 180. The van der Waals surface area contributed by atoms with Crippen LogP contribution < -0.4 is 5.73 Å². The van der Waals surface area contributed by atoms with Gasteiger partial charge in [-0.15, -0.1) is 0 Å². The van der Waals surface area contributed by atoms with Gasteiger partial charge in [-0.25, -0.2) is 0 Å². The summed E-state index contributed by atoms with van der Waals surface area (Å²) in [7, 11) is 0. The van der Waals surface area contributed by atoms with Gasteiger partial charge in [-0.1, -0.05) is 0 Å². The van der Waals surface area contributed by atoms with Crippen LogP contribution in [0.25, 0.3) is 0 Å². The summed E-state index contributed by atoms with van der Waals surface area (Å²) in [6.07, 6.45) is -12.8. The van der Waals surface area contributed by atoms with Crippen molar-refractivity contribution in [1.82, 2.24) is 0 Å². The molecule has 0 unspecified atom stereocenters. The number of hydrogen-bond acceptors (Lipinski definition) is 1. The number of alkyl halides is 6. The third-order valence-corrected chi connectivity index (χ3v) is 1.20. The molecule has 1 amide bonds. The molecule has 2 N–H and O–H groups in total. The maximum absolute atomic E-state index is 11.6. The van der Waals surface area contributed by atoms with Gasteiger partial charge in [-0.2, -0.15) is 26.3 Å². The molecule has 13 heavy (non-hydrogen) atoms. The average Bonchev–Trinajstić information content (AvgIpc) is 1.77. The topological polar surface area (TPSA) is 43.1 Å². The number of primary amides is 1. The highest BCUT2D eigenvalue weighted by Crippen LogP contribution is 2.40. The van der Waals surface area contributed by atoms with Crippen LogP contribution in [0.4, 0.5) is 26.3 Å². The van der Waals surface area contributed by atoms with Gasteiger partial charge in [0, 0.05) is 6.42 Å². The Hall–Kier alpha value is -0.950. The van der Waals surface area contributed by atoms with Crippen LogP contribution in [-0.4, -0.2) is 18.3 Å². The molecule has 0 saturated carbocycles. The van der Waals surface area contributed by atoms with Crippen molar-refractivity contribution in [2.45, 2.75) is 18.8 Å². The van der Waals surface area contributed by atoms with Gasteiger partial charge in [0.1, 0.15) is 0 Å². The molecule has 0 rings (SSSR count). The van der Waals surface area contributed by atoms with Gasteiger partial charge in [0.15, 0.2) is 5.92 Å². The van der Waals surface area contributed by atoms with Gasteiger partial charge in [0.2, 0.25) is 5.91 Å². The second-order valence-corrected chi connectivity index (χ2v) is 2.31. The number of hydrogen-bond donors (Lipinski definition) is 1. The van der Waals surface area contributed by atoms with Gasteiger partial charge in [0.25, 0.3) is 0 Å². The summed E-state index contributed by atoms with van der Waals surface area (Å²) in [5.41, 5.74) is 4.25. The Kier molecular flexibility index (Phi) is 3.18. The highest BCUT2D eigenvalue weighted by Gasteiger charge is 2.56. The smallest absolute Gasteiger partial charge is 0.370 e. The Morgan fingerprint density at radius 1 is 1.08 bits per heavy atom. The maximum Gasteiger partial charge on any atom is 0.400 e. The minimum atomic E-state index is -5.49. The molecular weight excluding hydrogens is 204 g/mol. The SMILES string of the molecule is NC(=O)CC(C(F)(F)F)C(F)(F)F. The van der Waals surface area contributed by atoms with E-state index in [2.05, 4.69) is 5.73 Å². The van der Waals surface area contributed by atoms with Crippen molar-refractivity contribution in [3.63, 3.8) is 0 Å². The number of nitrogens with two attached hydrogens (primary N) is 1. The van der Waals surface area contributed by atoms with E-state index < -0.39 is 30.6 Å². The highest BCUT2D eigenvalue weighted by atomic mass is 19.4. The molecule has 0 aromatic heterocycles.